The summed E-state index contributed by atoms with van der Waals surface area (Å²) in [5, 5.41) is 4.83. The molecule has 1 N–H and O–H groups in total. The highest BCUT2D eigenvalue weighted by Gasteiger charge is 2.07. The first-order valence-electron chi connectivity index (χ1n) is 7.70. The van der Waals surface area contributed by atoms with Gasteiger partial charge in [-0.25, -0.2) is 0 Å². The molecule has 1 aromatic heterocycles. The van der Waals surface area contributed by atoms with E-state index in [-0.39, 0.29) is 0 Å². The Bertz CT molecular complexity index is 528. The van der Waals surface area contributed by atoms with Gasteiger partial charge in [0, 0.05) is 11.6 Å². The van der Waals surface area contributed by atoms with Crippen LogP contribution in [-0.2, 0) is 6.42 Å². The van der Waals surface area contributed by atoms with Gasteiger partial charge < -0.3 is 5.32 Å². The van der Waals surface area contributed by atoms with Gasteiger partial charge >= 0.3 is 0 Å². The Labute approximate surface area is 122 Å². The quantitative estimate of drug-likeness (QED) is 0.768. The Hall–Kier alpha value is -1.41. The fourth-order valence-electron chi connectivity index (χ4n) is 2.55. The van der Waals surface area contributed by atoms with Crippen molar-refractivity contribution in [2.45, 2.75) is 33.6 Å². The normalized spacial score (nSPS) is 13.0. The standard InChI is InChI=1S/C18H26N2/c1-14(2)13-19-10-8-15(3)12-16-9-11-20-18-7-5-4-6-17(16)18/h4-7,9,11,14-15,19H,8,10,12-13H2,1-3H3. The molecule has 108 valence electrons. The summed E-state index contributed by atoms with van der Waals surface area (Å²) < 4.78 is 0. The minimum Gasteiger partial charge on any atom is -0.316 e. The van der Waals surface area contributed by atoms with E-state index in [9.17, 15) is 0 Å². The van der Waals surface area contributed by atoms with Gasteiger partial charge in [0.2, 0.25) is 0 Å². The Morgan fingerprint density at radius 1 is 1.10 bits per heavy atom. The monoisotopic (exact) mass is 270 g/mol. The van der Waals surface area contributed by atoms with Crippen LogP contribution in [0.2, 0.25) is 0 Å². The van der Waals surface area contributed by atoms with Gasteiger partial charge in [-0.3, -0.25) is 4.98 Å². The molecule has 0 bridgehead atoms. The Balaban J connectivity index is 1.91. The van der Waals surface area contributed by atoms with E-state index in [2.05, 4.69) is 61.4 Å². The molecule has 0 radical (unpaired) electrons. The van der Waals surface area contributed by atoms with Crippen molar-refractivity contribution >= 4 is 10.9 Å². The summed E-state index contributed by atoms with van der Waals surface area (Å²) in [6, 6.07) is 10.6. The Kier molecular flexibility index (Phi) is 5.54. The summed E-state index contributed by atoms with van der Waals surface area (Å²) >= 11 is 0. The molecule has 20 heavy (non-hydrogen) atoms. The number of nitrogens with one attached hydrogen (secondary N) is 1. The third-order valence-corrected chi connectivity index (χ3v) is 3.67. The van der Waals surface area contributed by atoms with Crippen molar-refractivity contribution in [3.8, 4) is 0 Å². The molecule has 1 heterocycles. The lowest BCUT2D eigenvalue weighted by Crippen LogP contribution is -2.22. The summed E-state index contributed by atoms with van der Waals surface area (Å²) in [5.74, 6) is 1.43. The van der Waals surface area contributed by atoms with E-state index in [1.54, 1.807) is 0 Å². The van der Waals surface area contributed by atoms with E-state index in [1.807, 2.05) is 6.20 Å². The second kappa shape index (κ2) is 7.39. The van der Waals surface area contributed by atoms with Gasteiger partial charge in [-0.1, -0.05) is 39.0 Å². The zero-order chi connectivity index (χ0) is 14.4. The largest absolute Gasteiger partial charge is 0.316 e. The second-order valence-corrected chi connectivity index (χ2v) is 6.18. The molecule has 0 amide bonds. The van der Waals surface area contributed by atoms with Crippen molar-refractivity contribution in [1.82, 2.24) is 10.3 Å². The van der Waals surface area contributed by atoms with E-state index in [0.717, 1.165) is 30.9 Å². The van der Waals surface area contributed by atoms with E-state index in [0.29, 0.717) is 5.92 Å². The van der Waals surface area contributed by atoms with Crippen LogP contribution in [-0.4, -0.2) is 18.1 Å². The van der Waals surface area contributed by atoms with Crippen LogP contribution >= 0.6 is 0 Å². The number of fused-ring (bicyclic) bond motifs is 1. The molecule has 2 aromatic rings. The van der Waals surface area contributed by atoms with E-state index in [4.69, 9.17) is 0 Å². The van der Waals surface area contributed by atoms with Gasteiger partial charge in [0.15, 0.2) is 0 Å². The highest BCUT2D eigenvalue weighted by atomic mass is 14.8. The number of aromatic nitrogens is 1. The first-order chi connectivity index (χ1) is 9.66. The highest BCUT2D eigenvalue weighted by Crippen LogP contribution is 2.20. The van der Waals surface area contributed by atoms with Gasteiger partial charge in [0.25, 0.3) is 0 Å². The maximum Gasteiger partial charge on any atom is 0.0704 e. The predicted molar refractivity (Wildman–Crippen MR) is 86.9 cm³/mol. The zero-order valence-electron chi connectivity index (χ0n) is 12.9. The van der Waals surface area contributed by atoms with Crippen LogP contribution in [0.15, 0.2) is 36.5 Å². The van der Waals surface area contributed by atoms with Crippen LogP contribution in [0.1, 0.15) is 32.8 Å². The zero-order valence-corrected chi connectivity index (χ0v) is 12.9. The number of pyridine rings is 1. The predicted octanol–water partition coefficient (Wildman–Crippen LogP) is 4.05. The van der Waals surface area contributed by atoms with Crippen molar-refractivity contribution in [1.29, 1.82) is 0 Å². The maximum absolute atomic E-state index is 4.43. The van der Waals surface area contributed by atoms with Gasteiger partial charge in [-0.15, -0.1) is 0 Å². The molecule has 2 rings (SSSR count). The first kappa shape index (κ1) is 15.0. The minimum atomic E-state index is 0.695. The number of hydrogen-bond acceptors (Lipinski definition) is 2. The minimum absolute atomic E-state index is 0.695. The number of benzene rings is 1. The van der Waals surface area contributed by atoms with E-state index in [1.165, 1.54) is 17.4 Å². The van der Waals surface area contributed by atoms with E-state index < -0.39 is 0 Å². The molecule has 0 fully saturated rings. The molecule has 1 aromatic carbocycles. The summed E-state index contributed by atoms with van der Waals surface area (Å²) in [4.78, 5) is 4.43. The topological polar surface area (TPSA) is 24.9 Å². The smallest absolute Gasteiger partial charge is 0.0704 e. The van der Waals surface area contributed by atoms with Crippen molar-refractivity contribution < 1.29 is 0 Å². The molecule has 0 saturated heterocycles. The first-order valence-corrected chi connectivity index (χ1v) is 7.70. The lowest BCUT2D eigenvalue weighted by molar-refractivity contribution is 0.475. The summed E-state index contributed by atoms with van der Waals surface area (Å²) in [6.45, 7) is 9.07. The number of hydrogen-bond donors (Lipinski definition) is 1. The highest BCUT2D eigenvalue weighted by molar-refractivity contribution is 5.81. The molecule has 2 heteroatoms. The molecule has 1 unspecified atom stereocenters. The Morgan fingerprint density at radius 2 is 1.90 bits per heavy atom. The maximum atomic E-state index is 4.43. The molecule has 0 spiro atoms. The van der Waals surface area contributed by atoms with Crippen LogP contribution in [0.3, 0.4) is 0 Å². The summed E-state index contributed by atoms with van der Waals surface area (Å²) in [5.41, 5.74) is 2.53. The van der Waals surface area contributed by atoms with Crippen molar-refractivity contribution in [2.24, 2.45) is 11.8 Å². The number of nitrogens with zero attached hydrogens (tertiary/aromatic N) is 1. The molecular weight excluding hydrogens is 244 g/mol. The SMILES string of the molecule is CC(C)CNCCC(C)Cc1ccnc2ccccc12. The van der Waals surface area contributed by atoms with Gasteiger partial charge in [-0.05, 0) is 55.5 Å². The lowest BCUT2D eigenvalue weighted by atomic mass is 9.96. The van der Waals surface area contributed by atoms with Crippen LogP contribution < -0.4 is 5.32 Å². The van der Waals surface area contributed by atoms with Crippen LogP contribution in [0.25, 0.3) is 10.9 Å². The molecular formula is C18H26N2. The van der Waals surface area contributed by atoms with Gasteiger partial charge in [-0.2, -0.15) is 0 Å². The van der Waals surface area contributed by atoms with Crippen molar-refractivity contribution in [2.75, 3.05) is 13.1 Å². The molecule has 1 atom stereocenters. The molecule has 0 aliphatic heterocycles. The van der Waals surface area contributed by atoms with Crippen molar-refractivity contribution in [3.63, 3.8) is 0 Å². The van der Waals surface area contributed by atoms with E-state index >= 15 is 0 Å². The second-order valence-electron chi connectivity index (χ2n) is 6.18. The number of para-hydroxylation sites is 1. The lowest BCUT2D eigenvalue weighted by Gasteiger charge is -2.14. The van der Waals surface area contributed by atoms with Crippen LogP contribution in [0, 0.1) is 11.8 Å². The third-order valence-electron chi connectivity index (χ3n) is 3.67. The molecule has 2 nitrogen and oxygen atoms in total. The fourth-order valence-corrected chi connectivity index (χ4v) is 2.55. The summed E-state index contributed by atoms with van der Waals surface area (Å²) in [7, 11) is 0. The fraction of sp³-hybridized carbons (Fsp3) is 0.500. The molecule has 0 aliphatic rings. The molecule has 0 aliphatic carbocycles. The average Bonchev–Trinajstić information content (AvgIpc) is 2.44. The third kappa shape index (κ3) is 4.31. The van der Waals surface area contributed by atoms with Gasteiger partial charge in [0.05, 0.1) is 5.52 Å². The van der Waals surface area contributed by atoms with Crippen LogP contribution in [0.4, 0.5) is 0 Å². The average molecular weight is 270 g/mol. The summed E-state index contributed by atoms with van der Waals surface area (Å²) in [6.07, 6.45) is 4.29. The van der Waals surface area contributed by atoms with Gasteiger partial charge in [0.1, 0.15) is 0 Å². The Morgan fingerprint density at radius 3 is 2.70 bits per heavy atom. The number of rotatable bonds is 7. The van der Waals surface area contributed by atoms with Crippen molar-refractivity contribution in [3.05, 3.63) is 42.1 Å². The van der Waals surface area contributed by atoms with Crippen LogP contribution in [0.5, 0.6) is 0 Å². The molecule has 0 saturated carbocycles.